The normalized spacial score (nSPS) is 17.0. The third-order valence-corrected chi connectivity index (χ3v) is 4.02. The van der Waals surface area contributed by atoms with Gasteiger partial charge < -0.3 is 19.0 Å². The molecule has 1 aliphatic heterocycles. The van der Waals surface area contributed by atoms with Crippen molar-refractivity contribution in [2.45, 2.75) is 18.9 Å². The van der Waals surface area contributed by atoms with E-state index in [0.717, 1.165) is 18.7 Å². The number of aromatic nitrogens is 2. The number of nitrogens with zero attached hydrogens (tertiary/aromatic N) is 5. The lowest BCUT2D eigenvalue weighted by molar-refractivity contribution is -0.402. The van der Waals surface area contributed by atoms with Gasteiger partial charge in [-0.2, -0.15) is 0 Å². The number of hydrogen-bond acceptors (Lipinski definition) is 8. The van der Waals surface area contributed by atoms with Crippen molar-refractivity contribution in [3.63, 3.8) is 0 Å². The Morgan fingerprint density at radius 3 is 2.77 bits per heavy atom. The van der Waals surface area contributed by atoms with Crippen LogP contribution in [0.3, 0.4) is 0 Å². The van der Waals surface area contributed by atoms with Crippen LogP contribution >= 0.6 is 0 Å². The standard InChI is InChI=1S/C16H19N5O5/c1-19(2)13-6-7-14(18-17-13)25-11-4-3-9-20(10-11)16(22)12-5-8-15(26-12)21(23)24/h5-8,11H,3-4,9-10H2,1-2H3. The molecule has 1 unspecified atom stereocenters. The maximum absolute atomic E-state index is 12.5. The van der Waals surface area contributed by atoms with Crippen LogP contribution < -0.4 is 9.64 Å². The number of likely N-dealkylation sites (tertiary alicyclic amines) is 1. The highest BCUT2D eigenvalue weighted by Gasteiger charge is 2.28. The van der Waals surface area contributed by atoms with Crippen molar-refractivity contribution in [3.05, 3.63) is 40.1 Å². The molecule has 1 aliphatic rings. The number of carbonyl (C=O) groups excluding carboxylic acids is 1. The summed E-state index contributed by atoms with van der Waals surface area (Å²) in [6.07, 6.45) is 1.30. The number of carbonyl (C=O) groups is 1. The average molecular weight is 361 g/mol. The fraction of sp³-hybridized carbons (Fsp3) is 0.438. The molecule has 3 rings (SSSR count). The number of amides is 1. The lowest BCUT2D eigenvalue weighted by Gasteiger charge is -2.32. The van der Waals surface area contributed by atoms with Gasteiger partial charge in [-0.05, 0) is 25.0 Å². The van der Waals surface area contributed by atoms with E-state index in [1.54, 1.807) is 17.0 Å². The van der Waals surface area contributed by atoms with Crippen LogP contribution in [0.15, 0.2) is 28.7 Å². The van der Waals surface area contributed by atoms with Gasteiger partial charge in [-0.15, -0.1) is 10.2 Å². The summed E-state index contributed by atoms with van der Waals surface area (Å²) >= 11 is 0. The third kappa shape index (κ3) is 3.90. The molecule has 0 bridgehead atoms. The lowest BCUT2D eigenvalue weighted by Crippen LogP contribution is -2.44. The van der Waals surface area contributed by atoms with E-state index in [1.165, 1.54) is 12.1 Å². The molecule has 0 spiro atoms. The zero-order valence-corrected chi connectivity index (χ0v) is 14.5. The molecule has 10 heteroatoms. The summed E-state index contributed by atoms with van der Waals surface area (Å²) in [5.41, 5.74) is 0. The van der Waals surface area contributed by atoms with Crippen molar-refractivity contribution in [3.8, 4) is 5.88 Å². The Labute approximate surface area is 149 Å². The summed E-state index contributed by atoms with van der Waals surface area (Å²) in [4.78, 5) is 25.9. The van der Waals surface area contributed by atoms with Crippen molar-refractivity contribution in [1.29, 1.82) is 0 Å². The minimum absolute atomic E-state index is 0.0486. The summed E-state index contributed by atoms with van der Waals surface area (Å²) in [6, 6.07) is 6.03. The second kappa shape index (κ2) is 7.38. The first kappa shape index (κ1) is 17.6. The highest BCUT2D eigenvalue weighted by Crippen LogP contribution is 2.21. The Balaban J connectivity index is 1.63. The monoisotopic (exact) mass is 361 g/mol. The molecule has 1 fully saturated rings. The molecule has 2 aromatic rings. The quantitative estimate of drug-likeness (QED) is 0.584. The van der Waals surface area contributed by atoms with Gasteiger partial charge in [-0.3, -0.25) is 14.9 Å². The zero-order chi connectivity index (χ0) is 18.7. The second-order valence-corrected chi connectivity index (χ2v) is 6.15. The highest BCUT2D eigenvalue weighted by atomic mass is 16.6. The minimum Gasteiger partial charge on any atom is -0.471 e. The topological polar surface area (TPSA) is 115 Å². The van der Waals surface area contributed by atoms with Gasteiger partial charge in [0.05, 0.1) is 12.6 Å². The summed E-state index contributed by atoms with van der Waals surface area (Å²) in [6.45, 7) is 0.892. The van der Waals surface area contributed by atoms with Gasteiger partial charge in [0.1, 0.15) is 11.0 Å². The number of rotatable bonds is 5. The number of furan rings is 1. The molecule has 1 saturated heterocycles. The number of piperidine rings is 1. The van der Waals surface area contributed by atoms with Crippen LogP contribution in [0.1, 0.15) is 23.4 Å². The van der Waals surface area contributed by atoms with Crippen LogP contribution in [0.2, 0.25) is 0 Å². The molecule has 3 heterocycles. The van der Waals surface area contributed by atoms with Gasteiger partial charge in [0.25, 0.3) is 5.91 Å². The van der Waals surface area contributed by atoms with Crippen LogP contribution in [-0.2, 0) is 0 Å². The fourth-order valence-electron chi connectivity index (χ4n) is 2.70. The van der Waals surface area contributed by atoms with Crippen LogP contribution in [0.5, 0.6) is 5.88 Å². The predicted molar refractivity (Wildman–Crippen MR) is 91.3 cm³/mol. The number of ether oxygens (including phenoxy) is 1. The van der Waals surface area contributed by atoms with E-state index in [-0.39, 0.29) is 17.8 Å². The predicted octanol–water partition coefficient (Wildman–Crippen LogP) is 1.73. The fourth-order valence-corrected chi connectivity index (χ4v) is 2.70. The molecule has 0 aliphatic carbocycles. The average Bonchev–Trinajstić information content (AvgIpc) is 3.12. The second-order valence-electron chi connectivity index (χ2n) is 6.15. The Bertz CT molecular complexity index is 789. The summed E-state index contributed by atoms with van der Waals surface area (Å²) < 4.78 is 10.8. The van der Waals surface area contributed by atoms with Crippen molar-refractivity contribution in [2.24, 2.45) is 0 Å². The molecular weight excluding hydrogens is 342 g/mol. The van der Waals surface area contributed by atoms with Gasteiger partial charge in [0.15, 0.2) is 11.6 Å². The number of nitro groups is 1. The van der Waals surface area contributed by atoms with Gasteiger partial charge in [-0.1, -0.05) is 0 Å². The van der Waals surface area contributed by atoms with E-state index < -0.39 is 10.8 Å². The third-order valence-electron chi connectivity index (χ3n) is 4.02. The van der Waals surface area contributed by atoms with E-state index in [2.05, 4.69) is 10.2 Å². The molecule has 10 nitrogen and oxygen atoms in total. The summed E-state index contributed by atoms with van der Waals surface area (Å²) in [7, 11) is 3.74. The summed E-state index contributed by atoms with van der Waals surface area (Å²) in [5, 5.41) is 18.8. The van der Waals surface area contributed by atoms with Crippen molar-refractivity contribution in [2.75, 3.05) is 32.1 Å². The molecule has 2 aromatic heterocycles. The molecular formula is C16H19N5O5. The molecule has 0 radical (unpaired) electrons. The first-order chi connectivity index (χ1) is 12.4. The molecule has 0 N–H and O–H groups in total. The Hall–Kier alpha value is -3.17. The van der Waals surface area contributed by atoms with E-state index in [0.29, 0.717) is 19.0 Å². The molecule has 26 heavy (non-hydrogen) atoms. The first-order valence-corrected chi connectivity index (χ1v) is 8.15. The highest BCUT2D eigenvalue weighted by molar-refractivity contribution is 5.91. The van der Waals surface area contributed by atoms with E-state index in [1.807, 2.05) is 19.0 Å². The minimum atomic E-state index is -0.672. The Morgan fingerprint density at radius 2 is 2.15 bits per heavy atom. The number of hydrogen-bond donors (Lipinski definition) is 0. The van der Waals surface area contributed by atoms with Crippen LogP contribution in [0.4, 0.5) is 11.7 Å². The zero-order valence-electron chi connectivity index (χ0n) is 14.5. The van der Waals surface area contributed by atoms with Crippen LogP contribution in [0, 0.1) is 10.1 Å². The Kier molecular flexibility index (Phi) is 5.01. The van der Waals surface area contributed by atoms with Gasteiger partial charge in [0, 0.05) is 26.7 Å². The smallest absolute Gasteiger partial charge is 0.433 e. The maximum atomic E-state index is 12.5. The molecule has 0 aromatic carbocycles. The molecule has 0 saturated carbocycles. The largest absolute Gasteiger partial charge is 0.471 e. The van der Waals surface area contributed by atoms with E-state index in [9.17, 15) is 14.9 Å². The molecule has 1 amide bonds. The Morgan fingerprint density at radius 1 is 1.35 bits per heavy atom. The van der Waals surface area contributed by atoms with E-state index in [4.69, 9.17) is 9.15 Å². The van der Waals surface area contributed by atoms with Gasteiger partial charge >= 0.3 is 5.88 Å². The lowest BCUT2D eigenvalue weighted by atomic mass is 10.1. The van der Waals surface area contributed by atoms with Crippen molar-refractivity contribution in [1.82, 2.24) is 15.1 Å². The van der Waals surface area contributed by atoms with Gasteiger partial charge in [0.2, 0.25) is 5.88 Å². The van der Waals surface area contributed by atoms with Crippen molar-refractivity contribution < 1.29 is 18.9 Å². The van der Waals surface area contributed by atoms with Gasteiger partial charge in [-0.25, -0.2) is 0 Å². The van der Waals surface area contributed by atoms with Crippen LogP contribution in [0.25, 0.3) is 0 Å². The van der Waals surface area contributed by atoms with Crippen LogP contribution in [-0.4, -0.2) is 59.2 Å². The SMILES string of the molecule is CN(C)c1ccc(OC2CCCN(C(=O)c3ccc([N+](=O)[O-])o3)C2)nn1. The first-order valence-electron chi connectivity index (χ1n) is 8.15. The molecule has 138 valence electrons. The summed E-state index contributed by atoms with van der Waals surface area (Å²) in [5.74, 6) is 0.225. The van der Waals surface area contributed by atoms with E-state index >= 15 is 0 Å². The number of anilines is 1. The van der Waals surface area contributed by atoms with Crippen molar-refractivity contribution >= 4 is 17.6 Å². The maximum Gasteiger partial charge on any atom is 0.433 e. The molecule has 1 atom stereocenters.